The van der Waals surface area contributed by atoms with Gasteiger partial charge >= 0.3 is 0 Å². The third kappa shape index (κ3) is 5.70. The highest BCUT2D eigenvalue weighted by atomic mass is 35.5. The number of Topliss-reactive ketones (excluding diaryl/α,β-unsaturated/α-hetero) is 1. The maximum atomic E-state index is 13.3. The molecule has 4 rings (SSSR count). The number of ether oxygens (including phenoxy) is 2. The molecule has 1 aliphatic rings. The van der Waals surface area contributed by atoms with Gasteiger partial charge in [-0.1, -0.05) is 30.3 Å². The maximum absolute atomic E-state index is 13.3. The number of aryl methyl sites for hydroxylation is 1. The number of likely N-dealkylation sites (tertiary alicyclic amines) is 1. The quantitative estimate of drug-likeness (QED) is 0.165. The van der Waals surface area contributed by atoms with Crippen molar-refractivity contribution in [3.8, 4) is 11.5 Å². The largest absolute Gasteiger partial charge is 0.507 e. The van der Waals surface area contributed by atoms with Crippen LogP contribution in [0.25, 0.3) is 5.76 Å². The van der Waals surface area contributed by atoms with E-state index in [4.69, 9.17) is 21.1 Å². The van der Waals surface area contributed by atoms with Gasteiger partial charge in [-0.2, -0.15) is 0 Å². The van der Waals surface area contributed by atoms with Gasteiger partial charge in [-0.05, 0) is 55.3 Å². The predicted octanol–water partition coefficient (Wildman–Crippen LogP) is 5.01. The van der Waals surface area contributed by atoms with Crippen LogP contribution in [-0.2, 0) is 16.1 Å². The number of hydrogen-bond acceptors (Lipinski definition) is 6. The van der Waals surface area contributed by atoms with E-state index in [-0.39, 0.29) is 11.3 Å². The van der Waals surface area contributed by atoms with Crippen molar-refractivity contribution in [1.82, 2.24) is 14.5 Å². The van der Waals surface area contributed by atoms with E-state index in [1.165, 1.54) is 4.90 Å². The van der Waals surface area contributed by atoms with E-state index in [1.807, 2.05) is 17.7 Å². The normalized spacial score (nSPS) is 16.7. The Morgan fingerprint density at radius 3 is 2.59 bits per heavy atom. The number of aromatic nitrogens is 2. The Morgan fingerprint density at radius 2 is 1.92 bits per heavy atom. The van der Waals surface area contributed by atoms with Crippen LogP contribution in [-0.4, -0.2) is 51.0 Å². The van der Waals surface area contributed by atoms with Crippen LogP contribution in [0, 0.1) is 0 Å². The number of carbonyl (C=O) groups excluding carboxylic acids is 2. The average molecular weight is 522 g/mol. The van der Waals surface area contributed by atoms with Gasteiger partial charge in [0, 0.05) is 36.1 Å². The van der Waals surface area contributed by atoms with E-state index in [0.29, 0.717) is 60.4 Å². The molecule has 1 atom stereocenters. The Kier molecular flexibility index (Phi) is 8.30. The maximum Gasteiger partial charge on any atom is 0.295 e. The second-order valence-electron chi connectivity index (χ2n) is 8.39. The first-order valence-corrected chi connectivity index (χ1v) is 12.3. The summed E-state index contributed by atoms with van der Waals surface area (Å²) in [6.07, 6.45) is 7.43. The summed E-state index contributed by atoms with van der Waals surface area (Å²) in [5.74, 6) is -0.694. The number of nitrogens with zero attached hydrogens (tertiary/aromatic N) is 3. The molecule has 2 heterocycles. The lowest BCUT2D eigenvalue weighted by atomic mass is 9.95. The number of rotatable bonds is 11. The number of ketones is 1. The summed E-state index contributed by atoms with van der Waals surface area (Å²) in [5, 5.41) is 11.7. The van der Waals surface area contributed by atoms with E-state index in [1.54, 1.807) is 61.1 Å². The average Bonchev–Trinajstić information content (AvgIpc) is 3.50. The third-order valence-electron chi connectivity index (χ3n) is 5.97. The molecule has 1 fully saturated rings. The number of carbonyl (C=O) groups is 2. The first-order valence-electron chi connectivity index (χ1n) is 11.9. The molecule has 1 aliphatic heterocycles. The minimum atomic E-state index is -0.814. The van der Waals surface area contributed by atoms with E-state index in [0.717, 1.165) is 0 Å². The second kappa shape index (κ2) is 11.8. The number of amides is 1. The highest BCUT2D eigenvalue weighted by Crippen LogP contribution is 2.42. The summed E-state index contributed by atoms with van der Waals surface area (Å²) in [5.41, 5.74) is 1.02. The number of aliphatic hydroxyl groups is 1. The molecule has 0 aliphatic carbocycles. The Labute approximate surface area is 220 Å². The number of aliphatic hydroxyl groups excluding tert-OH is 1. The Morgan fingerprint density at radius 1 is 1.14 bits per heavy atom. The van der Waals surface area contributed by atoms with Gasteiger partial charge in [-0.15, -0.1) is 0 Å². The standard InChI is InChI=1S/C28H28ClN3O5/c1-3-16-37-22-11-8-20(17-23(22)36-4-2)25-24(26(33)19-6-9-21(29)10-7-19)27(34)28(35)32(25)14-5-13-31-15-12-30-18-31/h3,6-12,15,17-18,25,33H,1,4-5,13-14,16H2,2H3. The van der Waals surface area contributed by atoms with Crippen molar-refractivity contribution < 1.29 is 24.2 Å². The van der Waals surface area contributed by atoms with Crippen LogP contribution in [0.2, 0.25) is 5.02 Å². The summed E-state index contributed by atoms with van der Waals surface area (Å²) in [6, 6.07) is 10.9. The molecule has 1 N–H and O–H groups in total. The highest BCUT2D eigenvalue weighted by Gasteiger charge is 2.46. The zero-order valence-electron chi connectivity index (χ0n) is 20.5. The van der Waals surface area contributed by atoms with Gasteiger partial charge in [-0.25, -0.2) is 4.98 Å². The molecule has 37 heavy (non-hydrogen) atoms. The van der Waals surface area contributed by atoms with E-state index >= 15 is 0 Å². The lowest BCUT2D eigenvalue weighted by molar-refractivity contribution is -0.139. The van der Waals surface area contributed by atoms with Crippen molar-refractivity contribution in [2.24, 2.45) is 0 Å². The van der Waals surface area contributed by atoms with Gasteiger partial charge in [0.05, 0.1) is 24.5 Å². The van der Waals surface area contributed by atoms with Gasteiger partial charge in [0.2, 0.25) is 0 Å². The van der Waals surface area contributed by atoms with Crippen molar-refractivity contribution in [2.75, 3.05) is 19.8 Å². The van der Waals surface area contributed by atoms with Crippen molar-refractivity contribution in [1.29, 1.82) is 0 Å². The van der Waals surface area contributed by atoms with Crippen LogP contribution < -0.4 is 9.47 Å². The van der Waals surface area contributed by atoms with Crippen LogP contribution >= 0.6 is 11.6 Å². The molecule has 2 aromatic carbocycles. The van der Waals surface area contributed by atoms with Gasteiger partial charge in [0.25, 0.3) is 11.7 Å². The fourth-order valence-electron chi connectivity index (χ4n) is 4.29. The molecule has 1 amide bonds. The first kappa shape index (κ1) is 26.0. The van der Waals surface area contributed by atoms with Crippen LogP contribution in [0.15, 0.2) is 79.4 Å². The number of imidazole rings is 1. The van der Waals surface area contributed by atoms with Gasteiger partial charge in [-0.3, -0.25) is 9.59 Å². The van der Waals surface area contributed by atoms with Crippen molar-refractivity contribution in [2.45, 2.75) is 25.9 Å². The lowest BCUT2D eigenvalue weighted by Gasteiger charge is -2.26. The first-order chi connectivity index (χ1) is 17.9. The third-order valence-corrected chi connectivity index (χ3v) is 6.22. The summed E-state index contributed by atoms with van der Waals surface area (Å²) in [6.45, 7) is 7.13. The van der Waals surface area contributed by atoms with Gasteiger partial charge < -0.3 is 24.0 Å². The van der Waals surface area contributed by atoms with Gasteiger partial charge in [0.15, 0.2) is 11.5 Å². The molecule has 3 aromatic rings. The molecule has 9 heteroatoms. The molecule has 0 saturated carbocycles. The summed E-state index contributed by atoms with van der Waals surface area (Å²) >= 11 is 6.01. The van der Waals surface area contributed by atoms with E-state index < -0.39 is 17.7 Å². The molecule has 1 unspecified atom stereocenters. The van der Waals surface area contributed by atoms with Crippen LogP contribution in [0.1, 0.15) is 30.5 Å². The molecular formula is C28H28ClN3O5. The smallest absolute Gasteiger partial charge is 0.295 e. The fraction of sp³-hybridized carbons (Fsp3) is 0.250. The van der Waals surface area contributed by atoms with Gasteiger partial charge in [0.1, 0.15) is 12.4 Å². The molecule has 192 valence electrons. The zero-order valence-corrected chi connectivity index (χ0v) is 21.2. The Bertz CT molecular complexity index is 1300. The number of benzene rings is 2. The van der Waals surface area contributed by atoms with E-state index in [9.17, 15) is 14.7 Å². The van der Waals surface area contributed by atoms with Crippen LogP contribution in [0.4, 0.5) is 0 Å². The topological polar surface area (TPSA) is 93.9 Å². The minimum absolute atomic E-state index is 0.0113. The molecule has 1 aromatic heterocycles. The molecule has 0 bridgehead atoms. The highest BCUT2D eigenvalue weighted by molar-refractivity contribution is 6.46. The Hall–Kier alpha value is -4.04. The van der Waals surface area contributed by atoms with Crippen LogP contribution in [0.5, 0.6) is 11.5 Å². The van der Waals surface area contributed by atoms with Crippen molar-refractivity contribution >= 4 is 29.1 Å². The summed E-state index contributed by atoms with van der Waals surface area (Å²) in [7, 11) is 0. The molecule has 0 radical (unpaired) electrons. The molecular weight excluding hydrogens is 494 g/mol. The SMILES string of the molecule is C=CCOc1ccc(C2C(=C(O)c3ccc(Cl)cc3)C(=O)C(=O)N2CCCn2ccnc2)cc1OCC. The van der Waals surface area contributed by atoms with Crippen molar-refractivity contribution in [3.05, 3.63) is 95.6 Å². The number of hydrogen-bond donors (Lipinski definition) is 1. The van der Waals surface area contributed by atoms with Crippen molar-refractivity contribution in [3.63, 3.8) is 0 Å². The fourth-order valence-corrected chi connectivity index (χ4v) is 4.42. The molecule has 8 nitrogen and oxygen atoms in total. The summed E-state index contributed by atoms with van der Waals surface area (Å²) < 4.78 is 13.4. The Balaban J connectivity index is 1.77. The monoisotopic (exact) mass is 521 g/mol. The summed E-state index contributed by atoms with van der Waals surface area (Å²) in [4.78, 5) is 32.0. The second-order valence-corrected chi connectivity index (χ2v) is 8.83. The number of halogens is 1. The van der Waals surface area contributed by atoms with E-state index in [2.05, 4.69) is 11.6 Å². The minimum Gasteiger partial charge on any atom is -0.507 e. The molecule has 1 saturated heterocycles. The van der Waals surface area contributed by atoms with Crippen LogP contribution in [0.3, 0.4) is 0 Å². The molecule has 0 spiro atoms. The lowest BCUT2D eigenvalue weighted by Crippen LogP contribution is -2.31. The zero-order chi connectivity index (χ0) is 26.4. The predicted molar refractivity (Wildman–Crippen MR) is 141 cm³/mol.